The summed E-state index contributed by atoms with van der Waals surface area (Å²) in [7, 11) is 3.31. The average Bonchev–Trinajstić information content (AvgIpc) is 3.35. The van der Waals surface area contributed by atoms with Crippen LogP contribution in [0.15, 0.2) is 78.6 Å². The molecule has 2 aliphatic heterocycles. The van der Waals surface area contributed by atoms with E-state index in [-0.39, 0.29) is 12.1 Å². The van der Waals surface area contributed by atoms with Crippen LogP contribution in [-0.4, -0.2) is 29.0 Å². The van der Waals surface area contributed by atoms with E-state index in [9.17, 15) is 0 Å². The number of rotatable bonds is 4. The Morgan fingerprint density at radius 3 is 2.26 bits per heavy atom. The first-order chi connectivity index (χ1) is 16.7. The van der Waals surface area contributed by atoms with Crippen LogP contribution in [0.3, 0.4) is 0 Å². The highest BCUT2D eigenvalue weighted by Crippen LogP contribution is 2.51. The van der Waals surface area contributed by atoms with Crippen molar-refractivity contribution in [1.29, 1.82) is 0 Å². The number of ether oxygens (including phenoxy) is 3. The summed E-state index contributed by atoms with van der Waals surface area (Å²) in [5, 5.41) is 8.67. The van der Waals surface area contributed by atoms with Crippen LogP contribution in [0.2, 0.25) is 5.02 Å². The van der Waals surface area contributed by atoms with Gasteiger partial charge in [0.1, 0.15) is 35.7 Å². The van der Waals surface area contributed by atoms with Crippen molar-refractivity contribution < 1.29 is 14.2 Å². The van der Waals surface area contributed by atoms with E-state index in [1.54, 1.807) is 20.5 Å². The van der Waals surface area contributed by atoms with Crippen molar-refractivity contribution in [2.24, 2.45) is 0 Å². The quantitative estimate of drug-likeness (QED) is 0.422. The van der Waals surface area contributed by atoms with E-state index in [0.717, 1.165) is 45.2 Å². The monoisotopic (exact) mass is 472 g/mol. The molecule has 1 N–H and O–H groups in total. The second-order valence-corrected chi connectivity index (χ2v) is 8.51. The molecular formula is C26H21ClN4O3. The molecule has 0 radical (unpaired) electrons. The zero-order chi connectivity index (χ0) is 23.2. The molecular weight excluding hydrogens is 452 g/mol. The van der Waals surface area contributed by atoms with Gasteiger partial charge in [0.15, 0.2) is 0 Å². The van der Waals surface area contributed by atoms with Crippen molar-refractivity contribution in [3.63, 3.8) is 0 Å². The summed E-state index contributed by atoms with van der Waals surface area (Å²) in [6.07, 6.45) is 1.19. The fourth-order valence-electron chi connectivity index (χ4n) is 4.60. The second kappa shape index (κ2) is 8.11. The van der Waals surface area contributed by atoms with Gasteiger partial charge in [-0.25, -0.2) is 4.68 Å². The summed E-state index contributed by atoms with van der Waals surface area (Å²) in [6, 6.07) is 21.3. The molecule has 0 fully saturated rings. The van der Waals surface area contributed by atoms with Crippen molar-refractivity contribution >= 4 is 23.2 Å². The van der Waals surface area contributed by atoms with Crippen molar-refractivity contribution in [2.45, 2.75) is 12.1 Å². The Bertz CT molecular complexity index is 1400. The minimum Gasteiger partial charge on any atom is -0.497 e. The first-order valence-electron chi connectivity index (χ1n) is 10.8. The molecule has 34 heavy (non-hydrogen) atoms. The summed E-state index contributed by atoms with van der Waals surface area (Å²) in [5.74, 6) is 2.97. The molecule has 3 heterocycles. The topological polar surface area (TPSA) is 70.4 Å². The van der Waals surface area contributed by atoms with Crippen LogP contribution in [0.25, 0.3) is 5.70 Å². The van der Waals surface area contributed by atoms with Gasteiger partial charge in [0.2, 0.25) is 5.95 Å². The number of nitrogens with zero attached hydrogens (tertiary/aromatic N) is 3. The van der Waals surface area contributed by atoms with Gasteiger partial charge in [-0.2, -0.15) is 10.1 Å². The molecule has 8 heteroatoms. The lowest BCUT2D eigenvalue weighted by atomic mass is 9.84. The van der Waals surface area contributed by atoms with Crippen LogP contribution in [-0.2, 0) is 0 Å². The van der Waals surface area contributed by atoms with Gasteiger partial charge in [-0.3, -0.25) is 0 Å². The van der Waals surface area contributed by atoms with Crippen molar-refractivity contribution in [3.05, 3.63) is 100 Å². The van der Waals surface area contributed by atoms with Crippen LogP contribution in [0.1, 0.15) is 28.8 Å². The first kappa shape index (κ1) is 20.6. The Morgan fingerprint density at radius 1 is 0.912 bits per heavy atom. The zero-order valence-electron chi connectivity index (χ0n) is 18.5. The van der Waals surface area contributed by atoms with Gasteiger partial charge in [0.25, 0.3) is 0 Å². The third-order valence-electron chi connectivity index (χ3n) is 6.23. The van der Waals surface area contributed by atoms with Crippen LogP contribution < -0.4 is 19.5 Å². The number of fused-ring (bicyclic) bond motifs is 3. The maximum absolute atomic E-state index is 6.62. The van der Waals surface area contributed by atoms with Crippen LogP contribution in [0, 0.1) is 0 Å². The van der Waals surface area contributed by atoms with Gasteiger partial charge in [-0.1, -0.05) is 35.9 Å². The standard InChI is InChI=1S/C26H21ClN4O3/c1-32-18-8-3-15(4-9-18)24-22-23(30-26-28-14-29-31(24)26)20-13-17(27)7-12-21(20)34-25(22)16-5-10-19(33-2)11-6-16/h3-14,24-25H,1-2H3,(H,28,29,30)/t24-,25-/m0/s1. The van der Waals surface area contributed by atoms with E-state index in [4.69, 9.17) is 25.8 Å². The van der Waals surface area contributed by atoms with E-state index < -0.39 is 0 Å². The van der Waals surface area contributed by atoms with Crippen molar-refractivity contribution in [3.8, 4) is 17.2 Å². The summed E-state index contributed by atoms with van der Waals surface area (Å²) >= 11 is 6.39. The maximum Gasteiger partial charge on any atom is 0.226 e. The molecule has 2 aliphatic rings. The summed E-state index contributed by atoms with van der Waals surface area (Å²) < 4.78 is 19.3. The van der Waals surface area contributed by atoms with Gasteiger partial charge in [-0.05, 0) is 53.6 Å². The third kappa shape index (κ3) is 3.28. The molecule has 0 saturated carbocycles. The van der Waals surface area contributed by atoms with Crippen LogP contribution in [0.5, 0.6) is 17.2 Å². The SMILES string of the molecule is COc1ccc([C@@H]2Oc3ccc(Cl)cc3C3=C2[C@H](c2ccc(OC)cc2)n2ncnc2N3)cc1. The van der Waals surface area contributed by atoms with E-state index in [1.807, 2.05) is 71.4 Å². The Morgan fingerprint density at radius 2 is 1.59 bits per heavy atom. The predicted molar refractivity (Wildman–Crippen MR) is 130 cm³/mol. The fourth-order valence-corrected chi connectivity index (χ4v) is 4.77. The zero-order valence-corrected chi connectivity index (χ0v) is 19.3. The number of aromatic nitrogens is 3. The number of hydrogen-bond acceptors (Lipinski definition) is 6. The largest absolute Gasteiger partial charge is 0.497 e. The Hall–Kier alpha value is -3.97. The molecule has 3 aromatic carbocycles. The third-order valence-corrected chi connectivity index (χ3v) is 6.46. The second-order valence-electron chi connectivity index (χ2n) is 8.07. The Labute approximate surface area is 201 Å². The van der Waals surface area contributed by atoms with Crippen molar-refractivity contribution in [1.82, 2.24) is 14.8 Å². The normalized spacial score (nSPS) is 18.2. The van der Waals surface area contributed by atoms with E-state index in [1.165, 1.54) is 0 Å². The maximum atomic E-state index is 6.62. The molecule has 0 bridgehead atoms. The van der Waals surface area contributed by atoms with E-state index >= 15 is 0 Å². The number of benzene rings is 3. The molecule has 0 spiro atoms. The minimum atomic E-state index is -0.369. The summed E-state index contributed by atoms with van der Waals surface area (Å²) in [4.78, 5) is 4.46. The highest BCUT2D eigenvalue weighted by molar-refractivity contribution is 6.30. The molecule has 2 atom stereocenters. The van der Waals surface area contributed by atoms with Crippen LogP contribution in [0.4, 0.5) is 5.95 Å². The molecule has 6 rings (SSSR count). The molecule has 0 unspecified atom stereocenters. The van der Waals surface area contributed by atoms with E-state index in [0.29, 0.717) is 11.0 Å². The highest BCUT2D eigenvalue weighted by atomic mass is 35.5. The number of halogens is 1. The first-order valence-corrected chi connectivity index (χ1v) is 11.2. The Balaban J connectivity index is 1.59. The van der Waals surface area contributed by atoms with Gasteiger partial charge in [0.05, 0.1) is 19.9 Å². The lowest BCUT2D eigenvalue weighted by Crippen LogP contribution is -2.32. The van der Waals surface area contributed by atoms with Gasteiger partial charge in [0, 0.05) is 16.2 Å². The number of anilines is 1. The lowest BCUT2D eigenvalue weighted by Gasteiger charge is -2.39. The Kier molecular flexibility index (Phi) is 4.92. The summed E-state index contributed by atoms with van der Waals surface area (Å²) in [6.45, 7) is 0. The number of methoxy groups -OCH3 is 2. The molecule has 170 valence electrons. The van der Waals surface area contributed by atoms with E-state index in [2.05, 4.69) is 15.4 Å². The van der Waals surface area contributed by atoms with Gasteiger partial charge < -0.3 is 19.5 Å². The van der Waals surface area contributed by atoms with Gasteiger partial charge in [-0.15, -0.1) is 0 Å². The van der Waals surface area contributed by atoms with Crippen molar-refractivity contribution in [2.75, 3.05) is 19.5 Å². The number of hydrogen-bond donors (Lipinski definition) is 1. The minimum absolute atomic E-state index is 0.251. The summed E-state index contributed by atoms with van der Waals surface area (Å²) in [5.41, 5.74) is 4.86. The average molecular weight is 473 g/mol. The molecule has 0 aliphatic carbocycles. The fraction of sp³-hybridized carbons (Fsp3) is 0.154. The molecule has 4 aromatic rings. The van der Waals surface area contributed by atoms with Gasteiger partial charge >= 0.3 is 0 Å². The van der Waals surface area contributed by atoms with Crippen LogP contribution >= 0.6 is 11.6 Å². The number of nitrogens with one attached hydrogen (secondary N) is 1. The highest BCUT2D eigenvalue weighted by Gasteiger charge is 2.41. The molecule has 0 amide bonds. The molecule has 7 nitrogen and oxygen atoms in total. The molecule has 0 saturated heterocycles. The molecule has 1 aromatic heterocycles. The lowest BCUT2D eigenvalue weighted by molar-refractivity contribution is 0.223. The smallest absolute Gasteiger partial charge is 0.226 e. The predicted octanol–water partition coefficient (Wildman–Crippen LogP) is 5.51.